The molecule has 1 N–H and O–H groups in total. The van der Waals surface area contributed by atoms with Crippen molar-refractivity contribution in [2.75, 3.05) is 13.6 Å². The van der Waals surface area contributed by atoms with E-state index in [1.165, 1.54) is 6.26 Å². The Kier molecular flexibility index (Phi) is 5.41. The van der Waals surface area contributed by atoms with Gasteiger partial charge < -0.3 is 19.1 Å². The Hall–Kier alpha value is -3.02. The van der Waals surface area contributed by atoms with Gasteiger partial charge >= 0.3 is 0 Å². The van der Waals surface area contributed by atoms with Crippen LogP contribution in [0.15, 0.2) is 57.6 Å². The SMILES string of the molecule is CC(c1cc2ccccc2o1)N(C)C(=O)CCCNC(=O)c1ccco1. The Balaban J connectivity index is 1.48. The molecule has 0 radical (unpaired) electrons. The van der Waals surface area contributed by atoms with Crippen LogP contribution in [-0.4, -0.2) is 30.3 Å². The number of hydrogen-bond acceptors (Lipinski definition) is 4. The number of rotatable bonds is 7. The van der Waals surface area contributed by atoms with Gasteiger partial charge in [0, 0.05) is 25.4 Å². The molecule has 136 valence electrons. The van der Waals surface area contributed by atoms with Crippen molar-refractivity contribution in [2.24, 2.45) is 0 Å². The number of carbonyl (C=O) groups excluding carboxylic acids is 2. The van der Waals surface area contributed by atoms with Gasteiger partial charge in [0.25, 0.3) is 5.91 Å². The second-order valence-electron chi connectivity index (χ2n) is 6.20. The number of fused-ring (bicyclic) bond motifs is 1. The van der Waals surface area contributed by atoms with E-state index in [1.807, 2.05) is 37.3 Å². The largest absolute Gasteiger partial charge is 0.459 e. The monoisotopic (exact) mass is 354 g/mol. The molecule has 0 spiro atoms. The van der Waals surface area contributed by atoms with E-state index in [0.29, 0.717) is 19.4 Å². The summed E-state index contributed by atoms with van der Waals surface area (Å²) in [6.07, 6.45) is 2.36. The molecule has 26 heavy (non-hydrogen) atoms. The first-order chi connectivity index (χ1) is 12.6. The molecule has 6 heteroatoms. The molecular weight excluding hydrogens is 332 g/mol. The molecule has 0 fully saturated rings. The van der Waals surface area contributed by atoms with Crippen LogP contribution in [-0.2, 0) is 4.79 Å². The normalized spacial score (nSPS) is 12.1. The van der Waals surface area contributed by atoms with Crippen LogP contribution < -0.4 is 5.32 Å². The average molecular weight is 354 g/mol. The first-order valence-corrected chi connectivity index (χ1v) is 8.62. The number of nitrogens with zero attached hydrogens (tertiary/aromatic N) is 1. The molecule has 2 aromatic heterocycles. The maximum atomic E-state index is 12.4. The first-order valence-electron chi connectivity index (χ1n) is 8.62. The maximum Gasteiger partial charge on any atom is 0.286 e. The predicted octanol–water partition coefficient (Wildman–Crippen LogP) is 3.76. The number of carbonyl (C=O) groups is 2. The zero-order valence-corrected chi connectivity index (χ0v) is 14.9. The Morgan fingerprint density at radius 3 is 2.73 bits per heavy atom. The Morgan fingerprint density at radius 2 is 2.00 bits per heavy atom. The second kappa shape index (κ2) is 7.91. The van der Waals surface area contributed by atoms with Crippen molar-refractivity contribution in [3.8, 4) is 0 Å². The van der Waals surface area contributed by atoms with Crippen LogP contribution in [0, 0.1) is 0 Å². The third-order valence-electron chi connectivity index (χ3n) is 4.43. The van der Waals surface area contributed by atoms with Crippen molar-refractivity contribution in [1.29, 1.82) is 0 Å². The van der Waals surface area contributed by atoms with Crippen molar-refractivity contribution >= 4 is 22.8 Å². The number of amides is 2. The van der Waals surface area contributed by atoms with Crippen LogP contribution in [0.25, 0.3) is 11.0 Å². The number of furan rings is 2. The van der Waals surface area contributed by atoms with Gasteiger partial charge in [0.15, 0.2) is 5.76 Å². The number of para-hydroxylation sites is 1. The summed E-state index contributed by atoms with van der Waals surface area (Å²) < 4.78 is 10.9. The molecule has 3 rings (SSSR count). The molecule has 2 heterocycles. The van der Waals surface area contributed by atoms with E-state index in [4.69, 9.17) is 8.83 Å². The van der Waals surface area contributed by atoms with E-state index in [9.17, 15) is 9.59 Å². The fourth-order valence-corrected chi connectivity index (χ4v) is 2.73. The lowest BCUT2D eigenvalue weighted by Gasteiger charge is -2.23. The number of hydrogen-bond donors (Lipinski definition) is 1. The summed E-state index contributed by atoms with van der Waals surface area (Å²) in [5.74, 6) is 0.761. The summed E-state index contributed by atoms with van der Waals surface area (Å²) in [5, 5.41) is 3.76. The molecular formula is C20H22N2O4. The fraction of sp³-hybridized carbons (Fsp3) is 0.300. The highest BCUT2D eigenvalue weighted by Crippen LogP contribution is 2.27. The minimum absolute atomic E-state index is 0.00482. The van der Waals surface area contributed by atoms with Crippen LogP contribution in [0.1, 0.15) is 42.1 Å². The van der Waals surface area contributed by atoms with Crippen molar-refractivity contribution < 1.29 is 18.4 Å². The van der Waals surface area contributed by atoms with Gasteiger partial charge in [-0.15, -0.1) is 0 Å². The van der Waals surface area contributed by atoms with E-state index >= 15 is 0 Å². The molecule has 0 aliphatic heterocycles. The van der Waals surface area contributed by atoms with E-state index in [2.05, 4.69) is 5.32 Å². The minimum Gasteiger partial charge on any atom is -0.459 e. The Morgan fingerprint density at radius 1 is 1.19 bits per heavy atom. The minimum atomic E-state index is -0.272. The van der Waals surface area contributed by atoms with E-state index in [1.54, 1.807) is 24.1 Å². The second-order valence-corrected chi connectivity index (χ2v) is 6.20. The summed E-state index contributed by atoms with van der Waals surface area (Å²) in [7, 11) is 1.77. The molecule has 0 saturated heterocycles. The number of nitrogens with one attached hydrogen (secondary N) is 1. The topological polar surface area (TPSA) is 75.7 Å². The molecule has 0 saturated carbocycles. The van der Waals surface area contributed by atoms with Gasteiger partial charge in [-0.1, -0.05) is 18.2 Å². The van der Waals surface area contributed by atoms with Gasteiger partial charge in [0.1, 0.15) is 11.3 Å². The summed E-state index contributed by atoms with van der Waals surface area (Å²) in [5.41, 5.74) is 0.816. The lowest BCUT2D eigenvalue weighted by atomic mass is 10.2. The van der Waals surface area contributed by atoms with Crippen LogP contribution in [0.3, 0.4) is 0 Å². The predicted molar refractivity (Wildman–Crippen MR) is 97.7 cm³/mol. The molecule has 1 aromatic carbocycles. The summed E-state index contributed by atoms with van der Waals surface area (Å²) in [6.45, 7) is 2.35. The van der Waals surface area contributed by atoms with Gasteiger partial charge in [0.2, 0.25) is 5.91 Å². The zero-order chi connectivity index (χ0) is 18.5. The molecule has 1 unspecified atom stereocenters. The zero-order valence-electron chi connectivity index (χ0n) is 14.9. The molecule has 0 bridgehead atoms. The quantitative estimate of drug-likeness (QED) is 0.656. The highest BCUT2D eigenvalue weighted by Gasteiger charge is 2.20. The van der Waals surface area contributed by atoms with E-state index in [-0.39, 0.29) is 23.6 Å². The van der Waals surface area contributed by atoms with Gasteiger partial charge in [0.05, 0.1) is 12.3 Å². The van der Waals surface area contributed by atoms with Gasteiger partial charge in [-0.05, 0) is 37.6 Å². The van der Waals surface area contributed by atoms with Crippen LogP contribution in [0.5, 0.6) is 0 Å². The van der Waals surface area contributed by atoms with E-state index < -0.39 is 0 Å². The Labute approximate surface area is 151 Å². The third kappa shape index (κ3) is 3.96. The van der Waals surface area contributed by atoms with Crippen molar-refractivity contribution in [1.82, 2.24) is 10.2 Å². The molecule has 0 aliphatic carbocycles. The standard InChI is InChI=1S/C20H22N2O4/c1-14(18-13-15-7-3-4-8-16(15)26-18)22(2)19(23)10-5-11-21-20(24)17-9-6-12-25-17/h3-4,6-9,12-14H,5,10-11H2,1-2H3,(H,21,24). The molecule has 1 atom stereocenters. The van der Waals surface area contributed by atoms with Gasteiger partial charge in [-0.2, -0.15) is 0 Å². The van der Waals surface area contributed by atoms with Crippen molar-refractivity contribution in [2.45, 2.75) is 25.8 Å². The van der Waals surface area contributed by atoms with Crippen molar-refractivity contribution in [3.63, 3.8) is 0 Å². The lowest BCUT2D eigenvalue weighted by molar-refractivity contribution is -0.132. The fourth-order valence-electron chi connectivity index (χ4n) is 2.73. The van der Waals surface area contributed by atoms with Crippen LogP contribution >= 0.6 is 0 Å². The smallest absolute Gasteiger partial charge is 0.286 e. The number of benzene rings is 1. The Bertz CT molecular complexity index is 849. The van der Waals surface area contributed by atoms with Gasteiger partial charge in [-0.25, -0.2) is 0 Å². The average Bonchev–Trinajstić information content (AvgIpc) is 3.33. The van der Waals surface area contributed by atoms with Crippen LogP contribution in [0.2, 0.25) is 0 Å². The third-order valence-corrected chi connectivity index (χ3v) is 4.43. The first kappa shape index (κ1) is 17.8. The maximum absolute atomic E-state index is 12.4. The van der Waals surface area contributed by atoms with Crippen LogP contribution in [0.4, 0.5) is 0 Å². The summed E-state index contributed by atoms with van der Waals surface area (Å²) in [4.78, 5) is 25.8. The summed E-state index contributed by atoms with van der Waals surface area (Å²) in [6, 6.07) is 12.8. The molecule has 0 aliphatic rings. The highest BCUT2D eigenvalue weighted by molar-refractivity contribution is 5.91. The van der Waals surface area contributed by atoms with Gasteiger partial charge in [-0.3, -0.25) is 9.59 Å². The molecule has 2 amide bonds. The van der Waals surface area contributed by atoms with Crippen molar-refractivity contribution in [3.05, 3.63) is 60.2 Å². The van der Waals surface area contributed by atoms with E-state index in [0.717, 1.165) is 16.7 Å². The summed E-state index contributed by atoms with van der Waals surface area (Å²) >= 11 is 0. The molecule has 3 aromatic rings. The molecule has 6 nitrogen and oxygen atoms in total. The highest BCUT2D eigenvalue weighted by atomic mass is 16.3. The lowest BCUT2D eigenvalue weighted by Crippen LogP contribution is -2.30.